The summed E-state index contributed by atoms with van der Waals surface area (Å²) in [6.07, 6.45) is 5.26. The molecule has 6 nitrogen and oxygen atoms in total. The SMILES string of the molecule is CN1C(C=O)CC(c2cc(-c3cnn(C)c3)cs2)N[S+]1[O-]. The molecule has 112 valence electrons. The van der Waals surface area contributed by atoms with Crippen molar-refractivity contribution < 1.29 is 9.35 Å². The molecule has 3 heterocycles. The number of nitrogens with one attached hydrogen (secondary N) is 1. The van der Waals surface area contributed by atoms with Gasteiger partial charge in [0, 0.05) is 30.7 Å². The lowest BCUT2D eigenvalue weighted by molar-refractivity contribution is -0.111. The van der Waals surface area contributed by atoms with E-state index in [1.807, 2.05) is 19.4 Å². The van der Waals surface area contributed by atoms with E-state index in [9.17, 15) is 9.35 Å². The van der Waals surface area contributed by atoms with E-state index in [2.05, 4.69) is 21.3 Å². The molecule has 1 aliphatic rings. The summed E-state index contributed by atoms with van der Waals surface area (Å²) >= 11 is 0.273. The number of likely N-dealkylation sites (N-methyl/N-ethyl adjacent to an activating group) is 1. The lowest BCUT2D eigenvalue weighted by Crippen LogP contribution is -2.52. The van der Waals surface area contributed by atoms with Crippen molar-refractivity contribution in [3.63, 3.8) is 0 Å². The van der Waals surface area contributed by atoms with E-state index in [0.717, 1.165) is 22.3 Å². The molecule has 1 fully saturated rings. The van der Waals surface area contributed by atoms with Crippen molar-refractivity contribution in [3.8, 4) is 11.1 Å². The Labute approximate surface area is 130 Å². The highest BCUT2D eigenvalue weighted by Crippen LogP contribution is 2.34. The van der Waals surface area contributed by atoms with Crippen molar-refractivity contribution in [2.24, 2.45) is 7.05 Å². The highest BCUT2D eigenvalue weighted by molar-refractivity contribution is 7.87. The molecule has 0 aliphatic carbocycles. The van der Waals surface area contributed by atoms with E-state index in [4.69, 9.17) is 0 Å². The molecule has 3 rings (SSSR count). The predicted octanol–water partition coefficient (Wildman–Crippen LogP) is 1.26. The number of aldehydes is 1. The molecule has 0 spiro atoms. The lowest BCUT2D eigenvalue weighted by atomic mass is 10.1. The minimum absolute atomic E-state index is 0.0624. The summed E-state index contributed by atoms with van der Waals surface area (Å²) in [5.74, 6) is 0. The first-order valence-corrected chi connectivity index (χ1v) is 8.50. The number of aromatic nitrogens is 2. The zero-order valence-corrected chi connectivity index (χ0v) is 13.4. The van der Waals surface area contributed by atoms with Gasteiger partial charge in [-0.25, -0.2) is 0 Å². The minimum Gasteiger partial charge on any atom is -0.579 e. The Balaban J connectivity index is 1.81. The first-order valence-electron chi connectivity index (χ1n) is 6.52. The zero-order valence-electron chi connectivity index (χ0n) is 11.7. The van der Waals surface area contributed by atoms with Gasteiger partial charge in [-0.2, -0.15) is 5.10 Å². The molecule has 0 radical (unpaired) electrons. The molecule has 1 N–H and O–H groups in total. The normalized spacial score (nSPS) is 26.9. The fourth-order valence-corrected chi connectivity index (χ4v) is 4.41. The second-order valence-electron chi connectivity index (χ2n) is 5.05. The number of thiophene rings is 1. The number of carbonyl (C=O) groups excluding carboxylic acids is 1. The summed E-state index contributed by atoms with van der Waals surface area (Å²) in [7, 11) is 3.57. The van der Waals surface area contributed by atoms with Crippen LogP contribution >= 0.6 is 11.3 Å². The molecular formula is C13H16N4O2S2. The largest absolute Gasteiger partial charge is 0.579 e. The molecule has 0 aromatic carbocycles. The maximum Gasteiger partial charge on any atom is 0.141 e. The summed E-state index contributed by atoms with van der Waals surface area (Å²) in [5, 5.41) is 6.23. The van der Waals surface area contributed by atoms with E-state index >= 15 is 0 Å². The van der Waals surface area contributed by atoms with Crippen LogP contribution in [0.1, 0.15) is 17.3 Å². The van der Waals surface area contributed by atoms with Crippen molar-refractivity contribution in [2.75, 3.05) is 7.05 Å². The van der Waals surface area contributed by atoms with E-state index < -0.39 is 11.5 Å². The third-order valence-corrected chi connectivity index (χ3v) is 5.93. The third-order valence-electron chi connectivity index (χ3n) is 3.61. The minimum atomic E-state index is -1.33. The maximum atomic E-state index is 12.0. The van der Waals surface area contributed by atoms with E-state index in [-0.39, 0.29) is 12.1 Å². The molecule has 0 amide bonds. The van der Waals surface area contributed by atoms with Gasteiger partial charge in [0.1, 0.15) is 23.9 Å². The quantitative estimate of drug-likeness (QED) is 0.680. The number of hydrogen-bond acceptors (Lipinski definition) is 6. The number of hydrogen-bond donors (Lipinski definition) is 1. The number of rotatable bonds is 3. The fourth-order valence-electron chi connectivity index (χ4n) is 2.34. The zero-order chi connectivity index (χ0) is 15.0. The number of carbonyl (C=O) groups is 1. The van der Waals surface area contributed by atoms with Crippen LogP contribution in [-0.4, -0.2) is 38.0 Å². The van der Waals surface area contributed by atoms with Crippen molar-refractivity contribution in [1.29, 1.82) is 0 Å². The van der Waals surface area contributed by atoms with Gasteiger partial charge in [0.25, 0.3) is 0 Å². The van der Waals surface area contributed by atoms with Gasteiger partial charge in [0.05, 0.1) is 12.2 Å². The van der Waals surface area contributed by atoms with Crippen molar-refractivity contribution in [2.45, 2.75) is 18.5 Å². The molecule has 2 aromatic heterocycles. The summed E-state index contributed by atoms with van der Waals surface area (Å²) < 4.78 is 18.3. The molecule has 1 aliphatic heterocycles. The van der Waals surface area contributed by atoms with Crippen LogP contribution in [0.5, 0.6) is 0 Å². The highest BCUT2D eigenvalue weighted by atomic mass is 32.2. The van der Waals surface area contributed by atoms with Crippen molar-refractivity contribution in [3.05, 3.63) is 28.7 Å². The van der Waals surface area contributed by atoms with Crippen LogP contribution in [0, 0.1) is 0 Å². The van der Waals surface area contributed by atoms with Crippen LogP contribution < -0.4 is 4.72 Å². The van der Waals surface area contributed by atoms with Crippen LogP contribution in [-0.2, 0) is 23.4 Å². The Morgan fingerprint density at radius 3 is 3.00 bits per heavy atom. The Hall–Kier alpha value is -1.19. The smallest absolute Gasteiger partial charge is 0.141 e. The molecule has 1 saturated heterocycles. The average Bonchev–Trinajstić information content (AvgIpc) is 3.10. The molecule has 0 saturated carbocycles. The Bertz CT molecular complexity index is 642. The molecule has 2 aromatic rings. The van der Waals surface area contributed by atoms with Crippen LogP contribution in [0.4, 0.5) is 0 Å². The summed E-state index contributed by atoms with van der Waals surface area (Å²) in [6.45, 7) is 0. The van der Waals surface area contributed by atoms with Crippen LogP contribution in [0.2, 0.25) is 0 Å². The van der Waals surface area contributed by atoms with Crippen LogP contribution in [0.3, 0.4) is 0 Å². The van der Waals surface area contributed by atoms with Gasteiger partial charge in [-0.05, 0) is 23.4 Å². The molecule has 21 heavy (non-hydrogen) atoms. The van der Waals surface area contributed by atoms with Crippen LogP contribution in [0.15, 0.2) is 23.8 Å². The standard InChI is InChI=1S/C13H16N4O2S2/c1-16-6-10(5-14-16)9-3-13(20-8-9)12-4-11(7-18)17(2)21(19)15-12/h3,5-8,11-12,15H,4H2,1-2H3. The van der Waals surface area contributed by atoms with Gasteiger partial charge < -0.3 is 9.35 Å². The van der Waals surface area contributed by atoms with Gasteiger partial charge in [0.2, 0.25) is 0 Å². The van der Waals surface area contributed by atoms with E-state index in [1.54, 1.807) is 27.4 Å². The summed E-state index contributed by atoms with van der Waals surface area (Å²) in [6, 6.07) is 1.69. The number of nitrogens with zero attached hydrogens (tertiary/aromatic N) is 3. The van der Waals surface area contributed by atoms with Gasteiger partial charge in [0.15, 0.2) is 0 Å². The van der Waals surface area contributed by atoms with Crippen molar-refractivity contribution in [1.82, 2.24) is 18.8 Å². The molecule has 8 heteroatoms. The summed E-state index contributed by atoms with van der Waals surface area (Å²) in [5.41, 5.74) is 2.15. The first kappa shape index (κ1) is 14.7. The second kappa shape index (κ2) is 5.90. The molecular weight excluding hydrogens is 308 g/mol. The Morgan fingerprint density at radius 1 is 1.52 bits per heavy atom. The number of aryl methyl sites for hydroxylation is 1. The average molecular weight is 324 g/mol. The van der Waals surface area contributed by atoms with E-state index in [0.29, 0.717) is 6.42 Å². The topological polar surface area (TPSA) is 73.2 Å². The fraction of sp³-hybridized carbons (Fsp3) is 0.385. The summed E-state index contributed by atoms with van der Waals surface area (Å²) in [4.78, 5) is 12.2. The first-order chi connectivity index (χ1) is 10.1. The van der Waals surface area contributed by atoms with Gasteiger partial charge in [-0.15, -0.1) is 20.4 Å². The van der Waals surface area contributed by atoms with Gasteiger partial charge >= 0.3 is 0 Å². The van der Waals surface area contributed by atoms with Crippen molar-refractivity contribution >= 4 is 29.2 Å². The van der Waals surface area contributed by atoms with Crippen LogP contribution in [0.25, 0.3) is 11.1 Å². The Morgan fingerprint density at radius 2 is 2.33 bits per heavy atom. The Kier molecular flexibility index (Phi) is 4.14. The third kappa shape index (κ3) is 2.90. The lowest BCUT2D eigenvalue weighted by Gasteiger charge is -2.33. The predicted molar refractivity (Wildman–Crippen MR) is 82.8 cm³/mol. The maximum absolute atomic E-state index is 12.0. The van der Waals surface area contributed by atoms with E-state index in [1.165, 1.54) is 0 Å². The second-order valence-corrected chi connectivity index (χ2v) is 7.30. The molecule has 0 bridgehead atoms. The monoisotopic (exact) mass is 324 g/mol. The highest BCUT2D eigenvalue weighted by Gasteiger charge is 2.37. The van der Waals surface area contributed by atoms with Gasteiger partial charge in [-0.1, -0.05) is 0 Å². The molecule has 3 atom stereocenters. The van der Waals surface area contributed by atoms with Gasteiger partial charge in [-0.3, -0.25) is 4.68 Å². The molecule has 3 unspecified atom stereocenters.